The van der Waals surface area contributed by atoms with Crippen molar-refractivity contribution >= 4 is 17.4 Å². The Labute approximate surface area is 142 Å². The van der Waals surface area contributed by atoms with Gasteiger partial charge in [0.1, 0.15) is 5.60 Å². The van der Waals surface area contributed by atoms with Crippen LogP contribution in [-0.4, -0.2) is 33.7 Å². The first-order valence-electron chi connectivity index (χ1n) is 8.22. The van der Waals surface area contributed by atoms with Crippen LogP contribution in [0, 0.1) is 5.41 Å². The number of aromatic nitrogens is 1. The van der Waals surface area contributed by atoms with Crippen LogP contribution in [0.1, 0.15) is 59.3 Å². The van der Waals surface area contributed by atoms with Crippen molar-refractivity contribution < 1.29 is 9.53 Å². The summed E-state index contributed by atoms with van der Waals surface area (Å²) in [5, 5.41) is 8.20. The van der Waals surface area contributed by atoms with Crippen molar-refractivity contribution in [3.8, 4) is 0 Å². The van der Waals surface area contributed by atoms with Crippen molar-refractivity contribution in [3.63, 3.8) is 0 Å². The first-order chi connectivity index (χ1) is 10.5. The van der Waals surface area contributed by atoms with Crippen LogP contribution in [0.3, 0.4) is 0 Å². The average molecular weight is 340 g/mol. The van der Waals surface area contributed by atoms with E-state index < -0.39 is 5.60 Å². The molecule has 1 atom stereocenters. The van der Waals surface area contributed by atoms with Crippen molar-refractivity contribution in [3.05, 3.63) is 15.9 Å². The quantitative estimate of drug-likeness (QED) is 0.892. The lowest BCUT2D eigenvalue weighted by atomic mass is 9.95. The molecule has 0 spiro atoms. The van der Waals surface area contributed by atoms with Gasteiger partial charge in [0.15, 0.2) is 4.80 Å². The summed E-state index contributed by atoms with van der Waals surface area (Å²) in [4.78, 5) is 15.9. The molecule has 1 aliphatic rings. The van der Waals surface area contributed by atoms with Gasteiger partial charge in [-0.25, -0.2) is 4.79 Å². The van der Waals surface area contributed by atoms with Crippen molar-refractivity contribution in [1.82, 2.24) is 9.47 Å². The molecular formula is C17H29N3O2S. The third kappa shape index (κ3) is 4.59. The number of carbonyl (C=O) groups is 1. The van der Waals surface area contributed by atoms with Gasteiger partial charge in [-0.15, -0.1) is 11.3 Å². The number of thiazole rings is 1. The van der Waals surface area contributed by atoms with Crippen LogP contribution in [0.15, 0.2) is 6.20 Å². The van der Waals surface area contributed by atoms with Gasteiger partial charge in [-0.05, 0) is 39.0 Å². The summed E-state index contributed by atoms with van der Waals surface area (Å²) in [6.45, 7) is 13.6. The molecule has 0 bridgehead atoms. The van der Waals surface area contributed by atoms with E-state index >= 15 is 0 Å². The summed E-state index contributed by atoms with van der Waals surface area (Å²) >= 11 is 1.52. The maximum absolute atomic E-state index is 12.4. The monoisotopic (exact) mass is 339 g/mol. The van der Waals surface area contributed by atoms with Gasteiger partial charge >= 0.3 is 6.09 Å². The number of hydrogen-bond donors (Lipinski definition) is 1. The summed E-state index contributed by atoms with van der Waals surface area (Å²) in [5.41, 5.74) is -0.425. The smallest absolute Gasteiger partial charge is 0.410 e. The Kier molecular flexibility index (Phi) is 4.95. The van der Waals surface area contributed by atoms with Gasteiger partial charge < -0.3 is 14.2 Å². The fraction of sp³-hybridized carbons (Fsp3) is 0.765. The Balaban J connectivity index is 2.12. The SMILES string of the molecule is CC(C)(C)OC(=O)N1CCCC1Cn1cc(C(C)(C)C)sc1=N. The molecule has 0 aromatic carbocycles. The predicted octanol–water partition coefficient (Wildman–Crippen LogP) is 3.73. The van der Waals surface area contributed by atoms with E-state index in [0.29, 0.717) is 11.3 Å². The number of hydrogen-bond acceptors (Lipinski definition) is 4. The number of nitrogens with one attached hydrogen (secondary N) is 1. The number of likely N-dealkylation sites (tertiary alicyclic amines) is 1. The molecule has 1 aromatic rings. The maximum Gasteiger partial charge on any atom is 0.410 e. The molecule has 1 fully saturated rings. The van der Waals surface area contributed by atoms with E-state index in [4.69, 9.17) is 10.1 Å². The number of carbonyl (C=O) groups excluding carboxylic acids is 1. The van der Waals surface area contributed by atoms with Crippen LogP contribution < -0.4 is 4.80 Å². The Morgan fingerprint density at radius 1 is 1.35 bits per heavy atom. The molecule has 1 saturated heterocycles. The van der Waals surface area contributed by atoms with Crippen LogP contribution in [0.5, 0.6) is 0 Å². The topological polar surface area (TPSA) is 58.3 Å². The highest BCUT2D eigenvalue weighted by Gasteiger charge is 2.32. The summed E-state index contributed by atoms with van der Waals surface area (Å²) in [5.74, 6) is 0. The molecule has 6 heteroatoms. The van der Waals surface area contributed by atoms with E-state index in [-0.39, 0.29) is 17.6 Å². The zero-order valence-corrected chi connectivity index (χ0v) is 15.9. The molecule has 1 unspecified atom stereocenters. The Hall–Kier alpha value is -1.30. The zero-order valence-electron chi connectivity index (χ0n) is 15.1. The summed E-state index contributed by atoms with van der Waals surface area (Å²) in [7, 11) is 0. The minimum atomic E-state index is -0.472. The van der Waals surface area contributed by atoms with Crippen LogP contribution in [0.2, 0.25) is 0 Å². The molecule has 130 valence electrons. The molecular weight excluding hydrogens is 310 g/mol. The molecule has 2 rings (SSSR count). The summed E-state index contributed by atoms with van der Waals surface area (Å²) in [6.07, 6.45) is 3.79. The molecule has 0 saturated carbocycles. The summed E-state index contributed by atoms with van der Waals surface area (Å²) in [6, 6.07) is 0.112. The molecule has 1 amide bonds. The van der Waals surface area contributed by atoms with Crippen LogP contribution in [0.4, 0.5) is 4.79 Å². The highest BCUT2D eigenvalue weighted by atomic mass is 32.1. The molecule has 2 heterocycles. The Morgan fingerprint density at radius 2 is 2.00 bits per heavy atom. The summed E-state index contributed by atoms with van der Waals surface area (Å²) < 4.78 is 7.48. The second-order valence-corrected chi connectivity index (χ2v) is 9.30. The van der Waals surface area contributed by atoms with E-state index in [1.165, 1.54) is 16.2 Å². The van der Waals surface area contributed by atoms with E-state index in [9.17, 15) is 4.79 Å². The first-order valence-corrected chi connectivity index (χ1v) is 9.04. The van der Waals surface area contributed by atoms with E-state index in [2.05, 4.69) is 27.0 Å². The number of ether oxygens (including phenoxy) is 1. The Morgan fingerprint density at radius 3 is 2.52 bits per heavy atom. The second kappa shape index (κ2) is 6.30. The van der Waals surface area contributed by atoms with E-state index in [1.54, 1.807) is 0 Å². The number of nitrogens with zero attached hydrogens (tertiary/aromatic N) is 2. The van der Waals surface area contributed by atoms with Crippen LogP contribution >= 0.6 is 11.3 Å². The van der Waals surface area contributed by atoms with Crippen molar-refractivity contribution in [1.29, 1.82) is 5.41 Å². The minimum absolute atomic E-state index is 0.0479. The third-order valence-corrected chi connectivity index (χ3v) is 5.26. The van der Waals surface area contributed by atoms with Crippen molar-refractivity contribution in [2.75, 3.05) is 6.54 Å². The van der Waals surface area contributed by atoms with Gasteiger partial charge in [-0.3, -0.25) is 5.41 Å². The van der Waals surface area contributed by atoms with E-state index in [1.807, 2.05) is 30.2 Å². The highest BCUT2D eigenvalue weighted by molar-refractivity contribution is 7.09. The van der Waals surface area contributed by atoms with E-state index in [0.717, 1.165) is 19.4 Å². The van der Waals surface area contributed by atoms with Gasteiger partial charge in [0.25, 0.3) is 0 Å². The minimum Gasteiger partial charge on any atom is -0.444 e. The highest BCUT2D eigenvalue weighted by Crippen LogP contribution is 2.26. The normalized spacial score (nSPS) is 19.2. The second-order valence-electron chi connectivity index (χ2n) is 8.27. The molecule has 5 nitrogen and oxygen atoms in total. The third-order valence-electron chi connectivity index (χ3n) is 3.89. The molecule has 23 heavy (non-hydrogen) atoms. The van der Waals surface area contributed by atoms with Crippen LogP contribution in [0.25, 0.3) is 0 Å². The average Bonchev–Trinajstić information content (AvgIpc) is 2.95. The maximum atomic E-state index is 12.4. The first kappa shape index (κ1) is 18.0. The van der Waals surface area contributed by atoms with Crippen LogP contribution in [-0.2, 0) is 16.7 Å². The largest absolute Gasteiger partial charge is 0.444 e. The van der Waals surface area contributed by atoms with Gasteiger partial charge in [-0.1, -0.05) is 20.8 Å². The van der Waals surface area contributed by atoms with Gasteiger partial charge in [0.05, 0.1) is 6.04 Å². The molecule has 1 N–H and O–H groups in total. The lowest BCUT2D eigenvalue weighted by Gasteiger charge is -2.28. The molecule has 1 aliphatic heterocycles. The predicted molar refractivity (Wildman–Crippen MR) is 92.8 cm³/mol. The fourth-order valence-corrected chi connectivity index (χ4v) is 3.62. The van der Waals surface area contributed by atoms with Crippen molar-refractivity contribution in [2.45, 2.75) is 78.0 Å². The molecule has 0 radical (unpaired) electrons. The number of rotatable bonds is 2. The van der Waals surface area contributed by atoms with Gasteiger partial charge in [0.2, 0.25) is 0 Å². The molecule has 0 aliphatic carbocycles. The standard InChI is InChI=1S/C17H29N3O2S/c1-16(2,3)13-11-19(14(18)23-13)10-12-8-7-9-20(12)15(21)22-17(4,5)6/h11-12,18H,7-10H2,1-6H3. The number of amides is 1. The lowest BCUT2D eigenvalue weighted by molar-refractivity contribution is 0.0213. The lowest BCUT2D eigenvalue weighted by Crippen LogP contribution is -2.42. The zero-order chi connectivity index (χ0) is 17.4. The van der Waals surface area contributed by atoms with Gasteiger partial charge in [0, 0.05) is 24.2 Å². The molecule has 1 aromatic heterocycles. The fourth-order valence-electron chi connectivity index (χ4n) is 2.69. The van der Waals surface area contributed by atoms with Gasteiger partial charge in [-0.2, -0.15) is 0 Å². The van der Waals surface area contributed by atoms with Crippen molar-refractivity contribution in [2.24, 2.45) is 0 Å². The Bertz CT molecular complexity index is 619.